The van der Waals surface area contributed by atoms with Gasteiger partial charge in [-0.3, -0.25) is 0 Å². The molecule has 5 rings (SSSR count). The molecule has 1 aliphatic rings. The number of fused-ring (bicyclic) bond motifs is 6. The van der Waals surface area contributed by atoms with Crippen molar-refractivity contribution in [3.05, 3.63) is 71.8 Å². The van der Waals surface area contributed by atoms with Crippen molar-refractivity contribution in [3.63, 3.8) is 0 Å². The summed E-state index contributed by atoms with van der Waals surface area (Å²) in [7, 11) is 0. The molecule has 4 heteroatoms. The second-order valence-electron chi connectivity index (χ2n) is 7.02. The maximum absolute atomic E-state index is 10.5. The summed E-state index contributed by atoms with van der Waals surface area (Å²) in [6, 6.07) is 19.9. The van der Waals surface area contributed by atoms with Gasteiger partial charge in [0.1, 0.15) is 24.4 Å². The second kappa shape index (κ2) is 5.50. The lowest BCUT2D eigenvalue weighted by atomic mass is 9.80. The van der Waals surface area contributed by atoms with Crippen LogP contribution in [0, 0.1) is 0 Å². The van der Waals surface area contributed by atoms with Crippen LogP contribution in [0.15, 0.2) is 60.7 Å². The van der Waals surface area contributed by atoms with Crippen molar-refractivity contribution in [1.29, 1.82) is 0 Å². The number of hydrogen-bond donors (Lipinski definition) is 4. The molecule has 0 saturated heterocycles. The fourth-order valence-corrected chi connectivity index (χ4v) is 4.18. The first-order valence-corrected chi connectivity index (χ1v) is 8.66. The van der Waals surface area contributed by atoms with Crippen LogP contribution in [0.3, 0.4) is 0 Å². The Hall–Kier alpha value is -2.50. The minimum Gasteiger partial charge on any atom is -0.387 e. The highest BCUT2D eigenvalue weighted by Gasteiger charge is 2.40. The van der Waals surface area contributed by atoms with Crippen LogP contribution < -0.4 is 0 Å². The zero-order chi connectivity index (χ0) is 18.0. The minimum atomic E-state index is -1.42. The van der Waals surface area contributed by atoms with Gasteiger partial charge in [0.15, 0.2) is 0 Å². The van der Waals surface area contributed by atoms with Crippen LogP contribution in [0.25, 0.3) is 32.3 Å². The number of hydrogen-bond acceptors (Lipinski definition) is 4. The Bertz CT molecular complexity index is 1170. The van der Waals surface area contributed by atoms with E-state index in [0.717, 1.165) is 32.3 Å². The van der Waals surface area contributed by atoms with E-state index in [1.807, 2.05) is 30.3 Å². The summed E-state index contributed by atoms with van der Waals surface area (Å²) in [5, 5.41) is 47.1. The van der Waals surface area contributed by atoms with Crippen molar-refractivity contribution in [2.24, 2.45) is 0 Å². The molecule has 0 fully saturated rings. The Morgan fingerprint density at radius 1 is 0.538 bits per heavy atom. The lowest BCUT2D eigenvalue weighted by Crippen LogP contribution is -2.41. The SMILES string of the molecule is O[C@H]1[C@H](O)[C@@H](O)c2c(ccc3cc4c(ccc5ccccc54)cc23)[C@@H]1O. The van der Waals surface area contributed by atoms with Gasteiger partial charge in [-0.1, -0.05) is 48.5 Å². The first-order chi connectivity index (χ1) is 12.6. The van der Waals surface area contributed by atoms with Gasteiger partial charge in [0, 0.05) is 0 Å². The maximum Gasteiger partial charge on any atom is 0.113 e. The molecule has 0 unspecified atom stereocenters. The van der Waals surface area contributed by atoms with Crippen LogP contribution in [-0.4, -0.2) is 32.6 Å². The predicted octanol–water partition coefficient (Wildman–Crippen LogP) is 2.95. The Morgan fingerprint density at radius 3 is 2.00 bits per heavy atom. The molecule has 4 aromatic rings. The first-order valence-electron chi connectivity index (χ1n) is 8.66. The van der Waals surface area contributed by atoms with Crippen molar-refractivity contribution in [2.45, 2.75) is 24.4 Å². The van der Waals surface area contributed by atoms with E-state index in [2.05, 4.69) is 24.3 Å². The average molecular weight is 346 g/mol. The lowest BCUT2D eigenvalue weighted by Gasteiger charge is -2.35. The Kier molecular flexibility index (Phi) is 3.33. The van der Waals surface area contributed by atoms with Gasteiger partial charge in [0.05, 0.1) is 0 Å². The van der Waals surface area contributed by atoms with E-state index in [1.54, 1.807) is 6.07 Å². The van der Waals surface area contributed by atoms with E-state index in [0.29, 0.717) is 11.1 Å². The van der Waals surface area contributed by atoms with Gasteiger partial charge in [-0.05, 0) is 55.6 Å². The molecule has 0 aliphatic heterocycles. The summed E-state index contributed by atoms with van der Waals surface area (Å²) in [5.41, 5.74) is 0.950. The fourth-order valence-electron chi connectivity index (χ4n) is 4.18. The standard InChI is InChI=1S/C22H18O4/c23-19-15-8-7-13-9-16-12(6-5-11-3-1-2-4-14(11)16)10-17(13)18(15)20(24)22(26)21(19)25/h1-10,19-26H/t19-,20-,21+,22+/m0/s1. The summed E-state index contributed by atoms with van der Waals surface area (Å²) in [5.74, 6) is 0. The molecule has 0 saturated carbocycles. The molecule has 0 bridgehead atoms. The van der Waals surface area contributed by atoms with Crippen LogP contribution in [-0.2, 0) is 0 Å². The quantitative estimate of drug-likeness (QED) is 0.291. The molecule has 130 valence electrons. The third-order valence-corrected chi connectivity index (χ3v) is 5.57. The van der Waals surface area contributed by atoms with E-state index in [4.69, 9.17) is 0 Å². The lowest BCUT2D eigenvalue weighted by molar-refractivity contribution is -0.119. The zero-order valence-electron chi connectivity index (χ0n) is 13.9. The van der Waals surface area contributed by atoms with Crippen molar-refractivity contribution in [2.75, 3.05) is 0 Å². The molecule has 1 aliphatic carbocycles. The second-order valence-corrected chi connectivity index (χ2v) is 7.02. The highest BCUT2D eigenvalue weighted by Crippen LogP contribution is 2.42. The van der Waals surface area contributed by atoms with E-state index >= 15 is 0 Å². The number of rotatable bonds is 0. The average Bonchev–Trinajstić information content (AvgIpc) is 2.68. The summed E-state index contributed by atoms with van der Waals surface area (Å²) in [6.07, 6.45) is -5.29. The Morgan fingerprint density at radius 2 is 1.15 bits per heavy atom. The molecule has 0 spiro atoms. The Labute approximate surface area is 149 Å². The van der Waals surface area contributed by atoms with Gasteiger partial charge in [-0.2, -0.15) is 0 Å². The smallest absolute Gasteiger partial charge is 0.113 e. The summed E-state index contributed by atoms with van der Waals surface area (Å²) in [4.78, 5) is 0. The van der Waals surface area contributed by atoms with Crippen molar-refractivity contribution in [1.82, 2.24) is 0 Å². The molecule has 0 radical (unpaired) electrons. The molecule has 4 atom stereocenters. The van der Waals surface area contributed by atoms with Crippen LogP contribution in [0.4, 0.5) is 0 Å². The molecular formula is C22H18O4. The summed E-state index contributed by atoms with van der Waals surface area (Å²) < 4.78 is 0. The molecule has 4 N–H and O–H groups in total. The molecule has 0 aromatic heterocycles. The third-order valence-electron chi connectivity index (χ3n) is 5.57. The zero-order valence-corrected chi connectivity index (χ0v) is 13.9. The highest BCUT2D eigenvalue weighted by atomic mass is 16.4. The van der Waals surface area contributed by atoms with Gasteiger partial charge in [0.2, 0.25) is 0 Å². The summed E-state index contributed by atoms with van der Waals surface area (Å²) in [6.45, 7) is 0. The topological polar surface area (TPSA) is 80.9 Å². The van der Waals surface area contributed by atoms with Crippen LogP contribution in [0.2, 0.25) is 0 Å². The number of benzene rings is 4. The molecule has 0 amide bonds. The van der Waals surface area contributed by atoms with Crippen molar-refractivity contribution < 1.29 is 20.4 Å². The van der Waals surface area contributed by atoms with Crippen molar-refractivity contribution in [3.8, 4) is 0 Å². The van der Waals surface area contributed by atoms with E-state index in [1.165, 1.54) is 0 Å². The molecule has 4 aromatic carbocycles. The monoisotopic (exact) mass is 346 g/mol. The van der Waals surface area contributed by atoms with Crippen LogP contribution in [0.1, 0.15) is 23.3 Å². The molecular weight excluding hydrogens is 328 g/mol. The van der Waals surface area contributed by atoms with Gasteiger partial charge in [-0.25, -0.2) is 0 Å². The number of aliphatic hydroxyl groups is 4. The minimum absolute atomic E-state index is 0.461. The van der Waals surface area contributed by atoms with Gasteiger partial charge in [-0.15, -0.1) is 0 Å². The Balaban J connectivity index is 1.88. The normalized spacial score (nSPS) is 25.7. The molecule has 26 heavy (non-hydrogen) atoms. The molecule has 4 nitrogen and oxygen atoms in total. The van der Waals surface area contributed by atoms with E-state index in [-0.39, 0.29) is 0 Å². The maximum atomic E-state index is 10.5. The number of aliphatic hydroxyl groups excluding tert-OH is 4. The first kappa shape index (κ1) is 15.7. The van der Waals surface area contributed by atoms with Crippen molar-refractivity contribution >= 4 is 32.3 Å². The molecule has 0 heterocycles. The van der Waals surface area contributed by atoms with Gasteiger partial charge in [0.25, 0.3) is 0 Å². The highest BCUT2D eigenvalue weighted by molar-refractivity contribution is 6.12. The van der Waals surface area contributed by atoms with Crippen LogP contribution in [0.5, 0.6) is 0 Å². The predicted molar refractivity (Wildman–Crippen MR) is 101 cm³/mol. The summed E-state index contributed by atoms with van der Waals surface area (Å²) >= 11 is 0. The van der Waals surface area contributed by atoms with E-state index in [9.17, 15) is 20.4 Å². The van der Waals surface area contributed by atoms with Gasteiger partial charge < -0.3 is 20.4 Å². The third kappa shape index (κ3) is 2.04. The van der Waals surface area contributed by atoms with Crippen LogP contribution >= 0.6 is 0 Å². The van der Waals surface area contributed by atoms with E-state index < -0.39 is 24.4 Å². The fraction of sp³-hybridized carbons (Fsp3) is 0.182. The van der Waals surface area contributed by atoms with Gasteiger partial charge >= 0.3 is 0 Å². The largest absolute Gasteiger partial charge is 0.387 e.